The molecule has 2 rings (SSSR count). The molecule has 0 radical (unpaired) electrons. The maximum Gasteiger partial charge on any atom is 0.419 e. The van der Waals surface area contributed by atoms with E-state index in [0.717, 1.165) is 0 Å². The number of alkyl halides is 1. The second kappa shape index (κ2) is 4.75. The molecule has 0 atom stereocenters. The Hall–Kier alpha value is -1.55. The van der Waals surface area contributed by atoms with Crippen molar-refractivity contribution in [2.75, 3.05) is 5.88 Å². The molecule has 0 fully saturated rings. The summed E-state index contributed by atoms with van der Waals surface area (Å²) in [6.45, 7) is 2.41. The highest BCUT2D eigenvalue weighted by molar-refractivity contribution is 6.19. The minimum Gasteiger partial charge on any atom is -0.408 e. The highest BCUT2D eigenvalue weighted by Crippen LogP contribution is 2.16. The van der Waals surface area contributed by atoms with Gasteiger partial charge in [-0.25, -0.2) is 4.79 Å². The van der Waals surface area contributed by atoms with E-state index < -0.39 is 5.76 Å². The first-order chi connectivity index (χ1) is 8.17. The van der Waals surface area contributed by atoms with Gasteiger partial charge in [-0.15, -0.1) is 11.6 Å². The van der Waals surface area contributed by atoms with E-state index in [1.165, 1.54) is 4.57 Å². The van der Waals surface area contributed by atoms with Crippen molar-refractivity contribution in [2.45, 2.75) is 19.9 Å². The SMILES string of the molecule is CCn1c(=O)oc2cc(C(=O)CCCl)ccc21. The van der Waals surface area contributed by atoms with Crippen LogP contribution < -0.4 is 5.76 Å². The van der Waals surface area contributed by atoms with Crippen molar-refractivity contribution in [3.05, 3.63) is 34.3 Å². The number of Topliss-reactive ketones (excluding diaryl/α,β-unsaturated/α-hetero) is 1. The van der Waals surface area contributed by atoms with Gasteiger partial charge in [0.1, 0.15) is 0 Å². The lowest BCUT2D eigenvalue weighted by Crippen LogP contribution is -2.11. The molecule has 1 heterocycles. The fraction of sp³-hybridized carbons (Fsp3) is 0.333. The van der Waals surface area contributed by atoms with E-state index in [1.54, 1.807) is 18.2 Å². The van der Waals surface area contributed by atoms with Crippen molar-refractivity contribution < 1.29 is 9.21 Å². The summed E-state index contributed by atoms with van der Waals surface area (Å²) in [5.41, 5.74) is 1.67. The standard InChI is InChI=1S/C12H12ClNO3/c1-2-14-9-4-3-8(10(15)5-6-13)7-11(9)17-12(14)16/h3-4,7H,2,5-6H2,1H3. The van der Waals surface area contributed by atoms with E-state index in [9.17, 15) is 9.59 Å². The summed E-state index contributed by atoms with van der Waals surface area (Å²) in [6, 6.07) is 5.02. The molecule has 0 saturated heterocycles. The number of hydrogen-bond donors (Lipinski definition) is 0. The lowest BCUT2D eigenvalue weighted by molar-refractivity contribution is 0.0989. The third-order valence-corrected chi connectivity index (χ3v) is 2.82. The van der Waals surface area contributed by atoms with Gasteiger partial charge in [0.25, 0.3) is 0 Å². The zero-order chi connectivity index (χ0) is 12.4. The number of aromatic nitrogens is 1. The average Bonchev–Trinajstić information content (AvgIpc) is 2.63. The Morgan fingerprint density at radius 2 is 2.24 bits per heavy atom. The number of halogens is 1. The van der Waals surface area contributed by atoms with Gasteiger partial charge in [-0.2, -0.15) is 0 Å². The molecule has 90 valence electrons. The van der Waals surface area contributed by atoms with E-state index in [1.807, 2.05) is 6.92 Å². The van der Waals surface area contributed by atoms with Crippen LogP contribution in [-0.4, -0.2) is 16.2 Å². The number of fused-ring (bicyclic) bond motifs is 1. The highest BCUT2D eigenvalue weighted by Gasteiger charge is 2.11. The number of carbonyl (C=O) groups excluding carboxylic acids is 1. The molecule has 4 nitrogen and oxygen atoms in total. The molecule has 2 aromatic rings. The molecule has 0 aliphatic heterocycles. The molecule has 0 aliphatic carbocycles. The van der Waals surface area contributed by atoms with Crippen LogP contribution in [0.1, 0.15) is 23.7 Å². The largest absolute Gasteiger partial charge is 0.419 e. The van der Waals surface area contributed by atoms with Crippen LogP contribution >= 0.6 is 11.6 Å². The van der Waals surface area contributed by atoms with Gasteiger partial charge in [0.15, 0.2) is 11.4 Å². The molecule has 0 amide bonds. The number of ketones is 1. The van der Waals surface area contributed by atoms with E-state index >= 15 is 0 Å². The fourth-order valence-electron chi connectivity index (χ4n) is 1.77. The number of rotatable bonds is 4. The van der Waals surface area contributed by atoms with Crippen LogP contribution in [0.4, 0.5) is 0 Å². The molecule has 0 unspecified atom stereocenters. The number of hydrogen-bond acceptors (Lipinski definition) is 3. The monoisotopic (exact) mass is 253 g/mol. The molecule has 0 aliphatic rings. The van der Waals surface area contributed by atoms with Crippen molar-refractivity contribution in [3.63, 3.8) is 0 Å². The molecule has 1 aromatic heterocycles. The first-order valence-corrected chi connectivity index (χ1v) is 5.93. The molecule has 0 saturated carbocycles. The summed E-state index contributed by atoms with van der Waals surface area (Å²) >= 11 is 5.52. The van der Waals surface area contributed by atoms with Crippen molar-refractivity contribution in [2.24, 2.45) is 0 Å². The third kappa shape index (κ3) is 2.13. The Morgan fingerprint density at radius 1 is 1.47 bits per heavy atom. The molecule has 17 heavy (non-hydrogen) atoms. The molecular weight excluding hydrogens is 242 g/mol. The number of carbonyl (C=O) groups is 1. The smallest absolute Gasteiger partial charge is 0.408 e. The predicted octanol–water partition coefficient (Wildman–Crippen LogP) is 2.43. The molecule has 0 spiro atoms. The van der Waals surface area contributed by atoms with Crippen LogP contribution in [0, 0.1) is 0 Å². The van der Waals surface area contributed by atoms with Gasteiger partial charge < -0.3 is 4.42 Å². The predicted molar refractivity (Wildman–Crippen MR) is 65.8 cm³/mol. The normalized spacial score (nSPS) is 10.9. The summed E-state index contributed by atoms with van der Waals surface area (Å²) in [4.78, 5) is 23.1. The Labute approximate surface area is 103 Å². The first kappa shape index (κ1) is 11.9. The van der Waals surface area contributed by atoms with Gasteiger partial charge in [0.2, 0.25) is 0 Å². The summed E-state index contributed by atoms with van der Waals surface area (Å²) in [5, 5.41) is 0. The van der Waals surface area contributed by atoms with Crippen molar-refractivity contribution in [1.82, 2.24) is 4.57 Å². The quantitative estimate of drug-likeness (QED) is 0.621. The topological polar surface area (TPSA) is 52.2 Å². The average molecular weight is 254 g/mol. The van der Waals surface area contributed by atoms with E-state index in [-0.39, 0.29) is 18.1 Å². The third-order valence-electron chi connectivity index (χ3n) is 2.63. The van der Waals surface area contributed by atoms with E-state index in [0.29, 0.717) is 23.2 Å². The van der Waals surface area contributed by atoms with Crippen molar-refractivity contribution in [1.29, 1.82) is 0 Å². The summed E-state index contributed by atoms with van der Waals surface area (Å²) in [5.74, 6) is -0.158. The zero-order valence-electron chi connectivity index (χ0n) is 9.40. The minimum atomic E-state index is -0.399. The van der Waals surface area contributed by atoms with Crippen LogP contribution in [0.2, 0.25) is 0 Å². The molecule has 1 aromatic carbocycles. The minimum absolute atomic E-state index is 0.0474. The van der Waals surface area contributed by atoms with E-state index in [2.05, 4.69) is 0 Å². The van der Waals surface area contributed by atoms with Gasteiger partial charge in [-0.05, 0) is 25.1 Å². The Balaban J connectivity index is 2.52. The van der Waals surface area contributed by atoms with Crippen molar-refractivity contribution >= 4 is 28.5 Å². The van der Waals surface area contributed by atoms with E-state index in [4.69, 9.17) is 16.0 Å². The van der Waals surface area contributed by atoms with Gasteiger partial charge in [0.05, 0.1) is 5.52 Å². The Kier molecular flexibility index (Phi) is 3.33. The van der Waals surface area contributed by atoms with Gasteiger partial charge in [0, 0.05) is 24.4 Å². The van der Waals surface area contributed by atoms with Crippen LogP contribution in [0.15, 0.2) is 27.4 Å². The fourth-order valence-corrected chi connectivity index (χ4v) is 1.94. The lowest BCUT2D eigenvalue weighted by Gasteiger charge is -1.99. The number of aryl methyl sites for hydroxylation is 1. The molecule has 0 bridgehead atoms. The number of benzene rings is 1. The van der Waals surface area contributed by atoms with Crippen molar-refractivity contribution in [3.8, 4) is 0 Å². The Morgan fingerprint density at radius 3 is 2.88 bits per heavy atom. The second-order valence-corrected chi connectivity index (χ2v) is 4.03. The van der Waals surface area contributed by atoms with Crippen LogP contribution in [0.5, 0.6) is 0 Å². The maximum absolute atomic E-state index is 11.6. The Bertz CT molecular complexity index is 612. The lowest BCUT2D eigenvalue weighted by atomic mass is 10.1. The van der Waals surface area contributed by atoms with Crippen LogP contribution in [0.3, 0.4) is 0 Å². The summed E-state index contributed by atoms with van der Waals surface area (Å²) in [6.07, 6.45) is 0.284. The van der Waals surface area contributed by atoms with Crippen LogP contribution in [0.25, 0.3) is 11.1 Å². The molecular formula is C12H12ClNO3. The molecule has 5 heteroatoms. The summed E-state index contributed by atoms with van der Waals surface area (Å²) < 4.78 is 6.60. The highest BCUT2D eigenvalue weighted by atomic mass is 35.5. The van der Waals surface area contributed by atoms with Gasteiger partial charge >= 0.3 is 5.76 Å². The molecule has 0 N–H and O–H groups in total. The zero-order valence-corrected chi connectivity index (χ0v) is 10.2. The van der Waals surface area contributed by atoms with Crippen LogP contribution in [-0.2, 0) is 6.54 Å². The maximum atomic E-state index is 11.6. The number of oxazole rings is 1. The van der Waals surface area contributed by atoms with Gasteiger partial charge in [-0.3, -0.25) is 9.36 Å². The van der Waals surface area contributed by atoms with Gasteiger partial charge in [-0.1, -0.05) is 0 Å². The summed E-state index contributed by atoms with van der Waals surface area (Å²) in [7, 11) is 0. The first-order valence-electron chi connectivity index (χ1n) is 5.40. The number of nitrogens with zero attached hydrogens (tertiary/aromatic N) is 1. The second-order valence-electron chi connectivity index (χ2n) is 3.66.